The smallest absolute Gasteiger partial charge is 0.269 e. The van der Waals surface area contributed by atoms with E-state index in [2.05, 4.69) is 36.1 Å². The molecule has 5 rings (SSSR count). The van der Waals surface area contributed by atoms with E-state index in [0.29, 0.717) is 16.5 Å². The summed E-state index contributed by atoms with van der Waals surface area (Å²) < 4.78 is 0.995. The maximum atomic E-state index is 12.4. The fraction of sp³-hybridized carbons (Fsp3) is 0. The number of amides is 1. The van der Waals surface area contributed by atoms with E-state index in [0.717, 1.165) is 26.8 Å². The summed E-state index contributed by atoms with van der Waals surface area (Å²) in [6, 6.07) is 16.8. The number of carbonyl (C=O) groups is 1. The molecule has 0 aliphatic heterocycles. The number of carbonyl (C=O) groups excluding carboxylic acids is 1. The Morgan fingerprint density at radius 3 is 2.67 bits per heavy atom. The lowest BCUT2D eigenvalue weighted by molar-refractivity contribution is 0.0962. The molecular formula is C21H15N7OS. The predicted molar refractivity (Wildman–Crippen MR) is 118 cm³/mol. The average Bonchev–Trinajstić information content (AvgIpc) is 3.21. The van der Waals surface area contributed by atoms with Gasteiger partial charge in [-0.25, -0.2) is 15.0 Å². The Hall–Kier alpha value is -4.11. The van der Waals surface area contributed by atoms with E-state index in [1.54, 1.807) is 24.5 Å². The van der Waals surface area contributed by atoms with E-state index >= 15 is 0 Å². The Balaban J connectivity index is 1.26. The Labute approximate surface area is 175 Å². The highest BCUT2D eigenvalue weighted by Crippen LogP contribution is 2.24. The quantitative estimate of drug-likeness (QED) is 0.372. The van der Waals surface area contributed by atoms with Gasteiger partial charge in [0.2, 0.25) is 5.13 Å². The first kappa shape index (κ1) is 18.0. The molecule has 0 bridgehead atoms. The molecule has 2 aromatic carbocycles. The third-order valence-electron chi connectivity index (χ3n) is 4.43. The number of aromatic nitrogens is 4. The molecule has 0 unspecified atom stereocenters. The number of hydrazine groups is 1. The third-order valence-corrected chi connectivity index (χ3v) is 5.38. The molecule has 0 radical (unpaired) electrons. The number of benzene rings is 2. The van der Waals surface area contributed by atoms with Crippen LogP contribution in [0, 0.1) is 0 Å². The van der Waals surface area contributed by atoms with Crippen LogP contribution in [0.5, 0.6) is 0 Å². The van der Waals surface area contributed by atoms with Gasteiger partial charge in [0.05, 0.1) is 16.4 Å². The lowest BCUT2D eigenvalue weighted by Gasteiger charge is -2.09. The summed E-state index contributed by atoms with van der Waals surface area (Å²) in [5.41, 5.74) is 8.51. The Bertz CT molecular complexity index is 1310. The van der Waals surface area contributed by atoms with Gasteiger partial charge >= 0.3 is 0 Å². The SMILES string of the molecule is O=C(NNc1nc2cnccc2s1)c1ccc(Nc2ncnc3ccccc23)cc1. The highest BCUT2D eigenvalue weighted by molar-refractivity contribution is 7.22. The maximum Gasteiger partial charge on any atom is 0.269 e. The van der Waals surface area contributed by atoms with Crippen molar-refractivity contribution in [3.63, 3.8) is 0 Å². The number of fused-ring (bicyclic) bond motifs is 2. The lowest BCUT2D eigenvalue weighted by atomic mass is 10.2. The zero-order valence-corrected chi connectivity index (χ0v) is 16.4. The second-order valence-electron chi connectivity index (χ2n) is 6.38. The number of pyridine rings is 1. The number of para-hydroxylation sites is 1. The van der Waals surface area contributed by atoms with Crippen molar-refractivity contribution >= 4 is 55.0 Å². The number of anilines is 3. The van der Waals surface area contributed by atoms with E-state index in [9.17, 15) is 4.79 Å². The average molecular weight is 413 g/mol. The van der Waals surface area contributed by atoms with Gasteiger partial charge in [-0.1, -0.05) is 23.5 Å². The van der Waals surface area contributed by atoms with E-state index in [1.165, 1.54) is 17.7 Å². The minimum atomic E-state index is -0.258. The summed E-state index contributed by atoms with van der Waals surface area (Å²) in [7, 11) is 0. The normalized spacial score (nSPS) is 10.8. The molecule has 1 amide bonds. The molecule has 3 heterocycles. The molecule has 8 nitrogen and oxygen atoms in total. The van der Waals surface area contributed by atoms with E-state index < -0.39 is 0 Å². The molecule has 0 fully saturated rings. The highest BCUT2D eigenvalue weighted by Gasteiger charge is 2.09. The fourth-order valence-electron chi connectivity index (χ4n) is 2.96. The van der Waals surface area contributed by atoms with Gasteiger partial charge in [-0.05, 0) is 42.5 Å². The zero-order chi connectivity index (χ0) is 20.3. The van der Waals surface area contributed by atoms with E-state index in [-0.39, 0.29) is 5.91 Å². The lowest BCUT2D eigenvalue weighted by Crippen LogP contribution is -2.29. The van der Waals surface area contributed by atoms with Crippen LogP contribution in [0.1, 0.15) is 10.4 Å². The largest absolute Gasteiger partial charge is 0.340 e. The first-order chi connectivity index (χ1) is 14.8. The van der Waals surface area contributed by atoms with Crippen molar-refractivity contribution in [1.82, 2.24) is 25.4 Å². The first-order valence-electron chi connectivity index (χ1n) is 9.10. The second kappa shape index (κ2) is 7.72. The van der Waals surface area contributed by atoms with Gasteiger partial charge in [0.1, 0.15) is 17.7 Å². The van der Waals surface area contributed by atoms with Crippen molar-refractivity contribution in [1.29, 1.82) is 0 Å². The zero-order valence-electron chi connectivity index (χ0n) is 15.5. The molecule has 3 aromatic heterocycles. The van der Waals surface area contributed by atoms with E-state index in [4.69, 9.17) is 0 Å². The molecule has 3 N–H and O–H groups in total. The summed E-state index contributed by atoms with van der Waals surface area (Å²) in [5, 5.41) is 4.80. The summed E-state index contributed by atoms with van der Waals surface area (Å²) in [6.07, 6.45) is 4.92. The monoisotopic (exact) mass is 413 g/mol. The Morgan fingerprint density at radius 2 is 1.80 bits per heavy atom. The molecule has 0 saturated carbocycles. The third kappa shape index (κ3) is 3.61. The van der Waals surface area contributed by atoms with Crippen LogP contribution < -0.4 is 16.2 Å². The molecule has 146 valence electrons. The minimum Gasteiger partial charge on any atom is -0.340 e. The van der Waals surface area contributed by atoms with Crippen LogP contribution in [0.4, 0.5) is 16.6 Å². The van der Waals surface area contributed by atoms with Gasteiger partial charge < -0.3 is 5.32 Å². The number of hydrogen-bond donors (Lipinski definition) is 3. The van der Waals surface area contributed by atoms with Crippen molar-refractivity contribution in [3.8, 4) is 0 Å². The van der Waals surface area contributed by atoms with Crippen LogP contribution >= 0.6 is 11.3 Å². The molecule has 9 heteroatoms. The van der Waals surface area contributed by atoms with Crippen molar-refractivity contribution in [2.24, 2.45) is 0 Å². The van der Waals surface area contributed by atoms with Crippen LogP contribution in [0.15, 0.2) is 73.3 Å². The van der Waals surface area contributed by atoms with Crippen molar-refractivity contribution in [2.75, 3.05) is 10.7 Å². The Morgan fingerprint density at radius 1 is 0.933 bits per heavy atom. The second-order valence-corrected chi connectivity index (χ2v) is 7.41. The van der Waals surface area contributed by atoms with Gasteiger partial charge in [-0.15, -0.1) is 0 Å². The van der Waals surface area contributed by atoms with Crippen LogP contribution in [-0.2, 0) is 0 Å². The highest BCUT2D eigenvalue weighted by atomic mass is 32.1. The van der Waals surface area contributed by atoms with Gasteiger partial charge in [0.25, 0.3) is 5.91 Å². The summed E-state index contributed by atoms with van der Waals surface area (Å²) >= 11 is 1.44. The van der Waals surface area contributed by atoms with Crippen molar-refractivity contribution in [2.45, 2.75) is 0 Å². The van der Waals surface area contributed by atoms with Gasteiger partial charge in [0.15, 0.2) is 0 Å². The topological polar surface area (TPSA) is 105 Å². The van der Waals surface area contributed by atoms with Gasteiger partial charge in [0, 0.05) is 22.8 Å². The number of thiazole rings is 1. The first-order valence-corrected chi connectivity index (χ1v) is 9.92. The van der Waals surface area contributed by atoms with Crippen LogP contribution in [-0.4, -0.2) is 25.8 Å². The molecular weight excluding hydrogens is 398 g/mol. The predicted octanol–water partition coefficient (Wildman–Crippen LogP) is 4.14. The number of rotatable bonds is 5. The van der Waals surface area contributed by atoms with Gasteiger partial charge in [-0.3, -0.25) is 20.6 Å². The molecule has 30 heavy (non-hydrogen) atoms. The molecule has 0 spiro atoms. The summed E-state index contributed by atoms with van der Waals surface area (Å²) in [4.78, 5) is 29.4. The standard InChI is InChI=1S/C21H15N7OS/c29-20(27-28-21-26-17-11-22-10-9-18(17)30-21)13-5-7-14(8-6-13)25-19-15-3-1-2-4-16(15)23-12-24-19/h1-12H,(H,26,28)(H,27,29)(H,23,24,25). The maximum absolute atomic E-state index is 12.4. The van der Waals surface area contributed by atoms with Crippen molar-refractivity contribution < 1.29 is 4.79 Å². The molecule has 0 aliphatic rings. The van der Waals surface area contributed by atoms with Crippen LogP contribution in [0.2, 0.25) is 0 Å². The van der Waals surface area contributed by atoms with Gasteiger partial charge in [-0.2, -0.15) is 0 Å². The summed E-state index contributed by atoms with van der Waals surface area (Å²) in [6.45, 7) is 0. The number of hydrogen-bond acceptors (Lipinski definition) is 8. The van der Waals surface area contributed by atoms with Crippen LogP contribution in [0.3, 0.4) is 0 Å². The van der Waals surface area contributed by atoms with Crippen molar-refractivity contribution in [3.05, 3.63) is 78.9 Å². The molecule has 0 atom stereocenters. The summed E-state index contributed by atoms with van der Waals surface area (Å²) in [5.74, 6) is 0.455. The molecule has 0 saturated heterocycles. The molecule has 0 aliphatic carbocycles. The fourth-order valence-corrected chi connectivity index (χ4v) is 3.75. The van der Waals surface area contributed by atoms with Crippen LogP contribution in [0.25, 0.3) is 21.1 Å². The van der Waals surface area contributed by atoms with E-state index in [1.807, 2.05) is 42.5 Å². The minimum absolute atomic E-state index is 0.258. The molecule has 5 aromatic rings. The Kier molecular flexibility index (Phi) is 4.62. The number of nitrogens with zero attached hydrogens (tertiary/aromatic N) is 4. The number of nitrogens with one attached hydrogen (secondary N) is 3.